The Morgan fingerprint density at radius 1 is 1.12 bits per heavy atom. The van der Waals surface area contributed by atoms with Crippen molar-refractivity contribution in [1.82, 2.24) is 0 Å². The number of hydrogen-bond acceptors (Lipinski definition) is 0. The zero-order valence-electron chi connectivity index (χ0n) is 11.8. The van der Waals surface area contributed by atoms with Crippen molar-refractivity contribution in [2.24, 2.45) is 17.8 Å². The molecule has 2 heteroatoms. The largest absolute Gasteiger partial charge is 0.244 e. The molecule has 0 saturated carbocycles. The molecule has 0 aromatic rings. The Bertz CT molecular complexity index is 209. The predicted molar refractivity (Wildman–Crippen MR) is 74.8 cm³/mol. The second-order valence-electron chi connectivity index (χ2n) is 5.29. The van der Waals surface area contributed by atoms with E-state index >= 15 is 0 Å². The van der Waals surface area contributed by atoms with Gasteiger partial charge in [0.1, 0.15) is 19.5 Å². The molecule has 0 saturated heterocycles. The van der Waals surface area contributed by atoms with Crippen molar-refractivity contribution in [2.75, 3.05) is 14.1 Å². The molecule has 16 heavy (non-hydrogen) atoms. The first-order chi connectivity index (χ1) is 7.43. The van der Waals surface area contributed by atoms with Crippen LogP contribution in [0.5, 0.6) is 0 Å². The first-order valence-corrected chi connectivity index (χ1v) is 7.03. The first kappa shape index (κ1) is 16.0. The summed E-state index contributed by atoms with van der Waals surface area (Å²) in [4.78, 5) is 0. The summed E-state index contributed by atoms with van der Waals surface area (Å²) >= 11 is 6.55. The predicted octanol–water partition coefficient (Wildman–Crippen LogP) is 4.04. The molecular weight excluding hydrogens is 218 g/mol. The molecule has 0 spiro atoms. The summed E-state index contributed by atoms with van der Waals surface area (Å²) in [7, 11) is 4.10. The van der Waals surface area contributed by atoms with Gasteiger partial charge in [-0.2, -0.15) is 0 Å². The Hall–Kier alpha value is -0.0400. The van der Waals surface area contributed by atoms with Crippen molar-refractivity contribution in [1.29, 1.82) is 0 Å². The van der Waals surface area contributed by atoms with E-state index in [9.17, 15) is 0 Å². The molecule has 0 aromatic heterocycles. The molecule has 0 rings (SSSR count). The summed E-state index contributed by atoms with van der Waals surface area (Å²) in [5.74, 6) is 1.99. The van der Waals surface area contributed by atoms with Crippen LogP contribution in [0.1, 0.15) is 47.0 Å². The molecule has 0 aliphatic rings. The summed E-state index contributed by atoms with van der Waals surface area (Å²) in [6.45, 7) is 9.19. The molecule has 3 unspecified atom stereocenters. The lowest BCUT2D eigenvalue weighted by molar-refractivity contribution is -0.460. The van der Waals surface area contributed by atoms with E-state index in [0.29, 0.717) is 17.8 Å². The van der Waals surface area contributed by atoms with Gasteiger partial charge in [0.25, 0.3) is 0 Å². The van der Waals surface area contributed by atoms with E-state index in [1.54, 1.807) is 0 Å². The SMILES string of the molecule is CCCC(C)C(C(C)CC)[C@@H](Cl)C=[N+](C)C. The first-order valence-electron chi connectivity index (χ1n) is 6.59. The van der Waals surface area contributed by atoms with Crippen LogP contribution in [-0.2, 0) is 0 Å². The van der Waals surface area contributed by atoms with Gasteiger partial charge >= 0.3 is 0 Å². The molecule has 96 valence electrons. The van der Waals surface area contributed by atoms with Gasteiger partial charge in [-0.05, 0) is 17.8 Å². The van der Waals surface area contributed by atoms with Gasteiger partial charge in [0.05, 0.1) is 0 Å². The van der Waals surface area contributed by atoms with E-state index in [-0.39, 0.29) is 5.38 Å². The maximum Gasteiger partial charge on any atom is 0.157 e. The smallest absolute Gasteiger partial charge is 0.157 e. The van der Waals surface area contributed by atoms with Crippen LogP contribution in [0, 0.1) is 17.8 Å². The molecule has 0 bridgehead atoms. The maximum absolute atomic E-state index is 6.55. The minimum atomic E-state index is 0.159. The number of alkyl halides is 1. The summed E-state index contributed by atoms with van der Waals surface area (Å²) in [5.41, 5.74) is 0. The highest BCUT2D eigenvalue weighted by atomic mass is 35.5. The fraction of sp³-hybridized carbons (Fsp3) is 0.929. The molecule has 0 radical (unpaired) electrons. The normalized spacial score (nSPS) is 18.7. The van der Waals surface area contributed by atoms with Gasteiger partial charge in [-0.25, -0.2) is 4.58 Å². The highest BCUT2D eigenvalue weighted by molar-refractivity contribution is 6.27. The van der Waals surface area contributed by atoms with Gasteiger partial charge < -0.3 is 0 Å². The Labute approximate surface area is 107 Å². The van der Waals surface area contributed by atoms with Crippen molar-refractivity contribution in [3.8, 4) is 0 Å². The summed E-state index contributed by atoms with van der Waals surface area (Å²) < 4.78 is 2.08. The molecule has 0 aromatic carbocycles. The average molecular weight is 247 g/mol. The molecule has 0 N–H and O–H groups in total. The standard InChI is InChI=1S/C14H29ClN/c1-7-9-12(4)14(11(3)8-2)13(15)10-16(5)6/h10-14H,7-9H2,1-6H3/q+1/t11?,12?,13-,14?/m0/s1. The Balaban J connectivity index is 4.71. The Morgan fingerprint density at radius 3 is 2.06 bits per heavy atom. The fourth-order valence-electron chi connectivity index (χ4n) is 2.49. The third kappa shape index (κ3) is 5.34. The van der Waals surface area contributed by atoms with Crippen LogP contribution in [0.2, 0.25) is 0 Å². The zero-order chi connectivity index (χ0) is 12.7. The number of halogens is 1. The topological polar surface area (TPSA) is 3.01 Å². The van der Waals surface area contributed by atoms with Crippen LogP contribution < -0.4 is 0 Å². The Kier molecular flexibility index (Phi) is 8.09. The van der Waals surface area contributed by atoms with Crippen molar-refractivity contribution in [2.45, 2.75) is 52.3 Å². The van der Waals surface area contributed by atoms with Crippen LogP contribution in [0.3, 0.4) is 0 Å². The molecule has 0 heterocycles. The molecule has 0 aliphatic heterocycles. The Morgan fingerprint density at radius 2 is 1.69 bits per heavy atom. The monoisotopic (exact) mass is 246 g/mol. The van der Waals surface area contributed by atoms with Crippen molar-refractivity contribution < 1.29 is 4.58 Å². The van der Waals surface area contributed by atoms with Crippen LogP contribution in [0.4, 0.5) is 0 Å². The van der Waals surface area contributed by atoms with Crippen LogP contribution in [0.15, 0.2) is 0 Å². The number of rotatable bonds is 7. The number of nitrogens with zero attached hydrogens (tertiary/aromatic N) is 1. The second-order valence-corrected chi connectivity index (χ2v) is 5.79. The third-order valence-corrected chi connectivity index (χ3v) is 3.91. The van der Waals surface area contributed by atoms with Crippen molar-refractivity contribution >= 4 is 17.8 Å². The molecule has 1 nitrogen and oxygen atoms in total. The molecule has 0 aliphatic carbocycles. The third-order valence-electron chi connectivity index (χ3n) is 3.51. The van der Waals surface area contributed by atoms with Crippen LogP contribution in [0.25, 0.3) is 0 Å². The minimum absolute atomic E-state index is 0.159. The van der Waals surface area contributed by atoms with E-state index < -0.39 is 0 Å². The van der Waals surface area contributed by atoms with Crippen molar-refractivity contribution in [3.05, 3.63) is 0 Å². The van der Waals surface area contributed by atoms with E-state index in [2.05, 4.69) is 38.5 Å². The lowest BCUT2D eigenvalue weighted by Crippen LogP contribution is -2.31. The quantitative estimate of drug-likeness (QED) is 0.363. The van der Waals surface area contributed by atoms with E-state index in [0.717, 1.165) is 0 Å². The summed E-state index contributed by atoms with van der Waals surface area (Å²) in [6, 6.07) is 0. The second kappa shape index (κ2) is 8.11. The number of hydrogen-bond donors (Lipinski definition) is 0. The summed E-state index contributed by atoms with van der Waals surface area (Å²) in [6.07, 6.45) is 5.88. The zero-order valence-corrected chi connectivity index (χ0v) is 12.6. The van der Waals surface area contributed by atoms with Gasteiger partial charge in [-0.1, -0.05) is 47.0 Å². The van der Waals surface area contributed by atoms with Crippen LogP contribution in [-0.4, -0.2) is 30.3 Å². The van der Waals surface area contributed by atoms with Gasteiger partial charge in [0, 0.05) is 0 Å². The van der Waals surface area contributed by atoms with E-state index in [4.69, 9.17) is 11.6 Å². The van der Waals surface area contributed by atoms with Gasteiger partial charge in [-0.3, -0.25) is 0 Å². The lowest BCUT2D eigenvalue weighted by atomic mass is 9.78. The van der Waals surface area contributed by atoms with Crippen LogP contribution >= 0.6 is 11.6 Å². The fourth-order valence-corrected chi connectivity index (χ4v) is 3.21. The molecule has 0 amide bonds. The summed E-state index contributed by atoms with van der Waals surface area (Å²) in [5, 5.41) is 0.159. The molecule has 0 fully saturated rings. The van der Waals surface area contributed by atoms with Gasteiger partial charge in [-0.15, -0.1) is 11.6 Å². The van der Waals surface area contributed by atoms with E-state index in [1.165, 1.54) is 19.3 Å². The maximum atomic E-state index is 6.55. The molecule has 4 atom stereocenters. The lowest BCUT2D eigenvalue weighted by Gasteiger charge is -2.30. The average Bonchev–Trinajstić information content (AvgIpc) is 2.16. The molecular formula is C14H29ClN+. The van der Waals surface area contributed by atoms with Gasteiger partial charge in [0.15, 0.2) is 6.21 Å². The minimum Gasteiger partial charge on any atom is -0.244 e. The van der Waals surface area contributed by atoms with Crippen molar-refractivity contribution in [3.63, 3.8) is 0 Å². The highest BCUT2D eigenvalue weighted by Crippen LogP contribution is 2.31. The van der Waals surface area contributed by atoms with Gasteiger partial charge in [0.2, 0.25) is 0 Å². The highest BCUT2D eigenvalue weighted by Gasteiger charge is 2.29. The van der Waals surface area contributed by atoms with E-state index in [1.807, 2.05) is 14.1 Å².